The van der Waals surface area contributed by atoms with Crippen LogP contribution in [0, 0.1) is 6.92 Å². The van der Waals surface area contributed by atoms with Crippen molar-refractivity contribution in [3.8, 4) is 0 Å². The number of hydrogen-bond acceptors (Lipinski definition) is 2. The Morgan fingerprint density at radius 2 is 1.82 bits per heavy atom. The molecule has 0 aliphatic carbocycles. The summed E-state index contributed by atoms with van der Waals surface area (Å²) in [7, 11) is 0. The average molecular weight is 230 g/mol. The molecule has 1 aromatic carbocycles. The van der Waals surface area contributed by atoms with Crippen LogP contribution in [0.3, 0.4) is 0 Å². The standard InChI is InChI=1S/C13H14N2O2/c1-8-3-5-10(6-4-8)7-11-13(17)14-9(2)12(16)15-11/h3-7,9H,1-2H3,(H,14,17)(H,15,16)/b11-7-/t9-/m1/s1. The lowest BCUT2D eigenvalue weighted by molar-refractivity contribution is -0.130. The Morgan fingerprint density at radius 1 is 1.18 bits per heavy atom. The Morgan fingerprint density at radius 3 is 2.47 bits per heavy atom. The maximum absolute atomic E-state index is 11.6. The van der Waals surface area contributed by atoms with E-state index in [9.17, 15) is 9.59 Å². The number of hydrogen-bond donors (Lipinski definition) is 2. The first-order valence-corrected chi connectivity index (χ1v) is 5.46. The molecule has 0 spiro atoms. The summed E-state index contributed by atoms with van der Waals surface area (Å²) in [6.45, 7) is 3.64. The molecule has 2 amide bonds. The fourth-order valence-corrected chi connectivity index (χ4v) is 1.57. The fourth-order valence-electron chi connectivity index (χ4n) is 1.57. The highest BCUT2D eigenvalue weighted by molar-refractivity contribution is 6.07. The fraction of sp³-hybridized carbons (Fsp3) is 0.231. The molecule has 0 unspecified atom stereocenters. The maximum atomic E-state index is 11.6. The van der Waals surface area contributed by atoms with Gasteiger partial charge < -0.3 is 10.6 Å². The van der Waals surface area contributed by atoms with Gasteiger partial charge in [-0.15, -0.1) is 0 Å². The largest absolute Gasteiger partial charge is 0.339 e. The number of amides is 2. The van der Waals surface area contributed by atoms with Crippen LogP contribution < -0.4 is 10.6 Å². The zero-order valence-electron chi connectivity index (χ0n) is 9.78. The molecule has 1 aromatic rings. The molecule has 0 radical (unpaired) electrons. The summed E-state index contributed by atoms with van der Waals surface area (Å²) < 4.78 is 0. The third kappa shape index (κ3) is 2.53. The molecule has 0 aromatic heterocycles. The predicted molar refractivity (Wildman–Crippen MR) is 64.9 cm³/mol. The molecule has 1 saturated heterocycles. The molecule has 0 saturated carbocycles. The van der Waals surface area contributed by atoms with Crippen molar-refractivity contribution in [2.45, 2.75) is 19.9 Å². The van der Waals surface area contributed by atoms with E-state index >= 15 is 0 Å². The smallest absolute Gasteiger partial charge is 0.268 e. The van der Waals surface area contributed by atoms with Gasteiger partial charge in [-0.25, -0.2) is 0 Å². The minimum Gasteiger partial charge on any atom is -0.339 e. The first kappa shape index (κ1) is 11.4. The summed E-state index contributed by atoms with van der Waals surface area (Å²) in [5.74, 6) is -0.444. The van der Waals surface area contributed by atoms with Crippen LogP contribution in [0.5, 0.6) is 0 Å². The third-order valence-electron chi connectivity index (χ3n) is 2.63. The summed E-state index contributed by atoms with van der Waals surface area (Å²) in [4.78, 5) is 23.1. The molecule has 1 aliphatic rings. The summed E-state index contributed by atoms with van der Waals surface area (Å²) in [6, 6.07) is 7.24. The monoisotopic (exact) mass is 230 g/mol. The first-order valence-electron chi connectivity index (χ1n) is 5.46. The lowest BCUT2D eigenvalue weighted by Crippen LogP contribution is -2.53. The highest BCUT2D eigenvalue weighted by Gasteiger charge is 2.25. The summed E-state index contributed by atoms with van der Waals surface area (Å²) in [5, 5.41) is 5.18. The highest BCUT2D eigenvalue weighted by Crippen LogP contribution is 2.09. The van der Waals surface area contributed by atoms with Crippen LogP contribution in [0.15, 0.2) is 30.0 Å². The molecule has 2 rings (SSSR count). The van der Waals surface area contributed by atoms with Gasteiger partial charge in [0, 0.05) is 0 Å². The van der Waals surface area contributed by atoms with Gasteiger partial charge >= 0.3 is 0 Å². The van der Waals surface area contributed by atoms with Crippen molar-refractivity contribution in [2.24, 2.45) is 0 Å². The lowest BCUT2D eigenvalue weighted by Gasteiger charge is -2.21. The van der Waals surface area contributed by atoms with Gasteiger partial charge in [0.15, 0.2) is 0 Å². The Labute approximate surface area is 99.7 Å². The van der Waals surface area contributed by atoms with Crippen molar-refractivity contribution in [1.29, 1.82) is 0 Å². The van der Waals surface area contributed by atoms with E-state index in [2.05, 4.69) is 10.6 Å². The SMILES string of the molecule is Cc1ccc(/C=C2\NC(=O)[C@@H](C)NC2=O)cc1. The number of carbonyl (C=O) groups excluding carboxylic acids is 2. The van der Waals surface area contributed by atoms with Crippen LogP contribution in [-0.4, -0.2) is 17.9 Å². The normalized spacial score (nSPS) is 22.2. The number of piperazine rings is 1. The van der Waals surface area contributed by atoms with Crippen molar-refractivity contribution in [3.05, 3.63) is 41.1 Å². The van der Waals surface area contributed by atoms with E-state index < -0.39 is 6.04 Å². The Kier molecular flexibility index (Phi) is 2.95. The summed E-state index contributed by atoms with van der Waals surface area (Å²) >= 11 is 0. The van der Waals surface area contributed by atoms with Crippen LogP contribution >= 0.6 is 0 Å². The highest BCUT2D eigenvalue weighted by atomic mass is 16.2. The van der Waals surface area contributed by atoms with Crippen molar-refractivity contribution in [3.63, 3.8) is 0 Å². The number of benzene rings is 1. The molecule has 0 bridgehead atoms. The molecule has 1 fully saturated rings. The van der Waals surface area contributed by atoms with Gasteiger partial charge in [-0.1, -0.05) is 29.8 Å². The van der Waals surface area contributed by atoms with E-state index in [1.165, 1.54) is 0 Å². The van der Waals surface area contributed by atoms with E-state index in [1.54, 1.807) is 13.0 Å². The van der Waals surface area contributed by atoms with Gasteiger partial charge in [0.25, 0.3) is 5.91 Å². The molecule has 4 nitrogen and oxygen atoms in total. The maximum Gasteiger partial charge on any atom is 0.268 e. The zero-order chi connectivity index (χ0) is 12.4. The van der Waals surface area contributed by atoms with E-state index in [0.717, 1.165) is 11.1 Å². The van der Waals surface area contributed by atoms with Crippen molar-refractivity contribution in [2.75, 3.05) is 0 Å². The van der Waals surface area contributed by atoms with Crippen molar-refractivity contribution in [1.82, 2.24) is 10.6 Å². The van der Waals surface area contributed by atoms with E-state index in [-0.39, 0.29) is 17.5 Å². The first-order chi connectivity index (χ1) is 8.06. The van der Waals surface area contributed by atoms with Crippen molar-refractivity contribution < 1.29 is 9.59 Å². The topological polar surface area (TPSA) is 58.2 Å². The summed E-state index contributed by atoms with van der Waals surface area (Å²) in [5.41, 5.74) is 2.32. The van der Waals surface area contributed by atoms with Gasteiger partial charge in [0.2, 0.25) is 5.91 Å². The van der Waals surface area contributed by atoms with Gasteiger partial charge in [-0.3, -0.25) is 9.59 Å². The van der Waals surface area contributed by atoms with E-state index in [1.807, 2.05) is 31.2 Å². The number of aryl methyl sites for hydroxylation is 1. The van der Waals surface area contributed by atoms with Crippen LogP contribution in [-0.2, 0) is 9.59 Å². The Bertz CT molecular complexity index is 489. The van der Waals surface area contributed by atoms with Gasteiger partial charge in [-0.05, 0) is 25.5 Å². The molecule has 17 heavy (non-hydrogen) atoms. The molecule has 1 aliphatic heterocycles. The second-order valence-electron chi connectivity index (χ2n) is 4.15. The van der Waals surface area contributed by atoms with Gasteiger partial charge in [-0.2, -0.15) is 0 Å². The molecule has 2 N–H and O–H groups in total. The molecular formula is C13H14N2O2. The molecule has 4 heteroatoms. The Balaban J connectivity index is 2.24. The Hall–Kier alpha value is -2.10. The quantitative estimate of drug-likeness (QED) is 0.706. The van der Waals surface area contributed by atoms with E-state index in [0.29, 0.717) is 0 Å². The molecule has 1 heterocycles. The van der Waals surface area contributed by atoms with Crippen LogP contribution in [0.1, 0.15) is 18.1 Å². The average Bonchev–Trinajstić information content (AvgIpc) is 2.29. The summed E-state index contributed by atoms with van der Waals surface area (Å²) in [6.07, 6.45) is 1.67. The molecular weight excluding hydrogens is 216 g/mol. The van der Waals surface area contributed by atoms with Gasteiger partial charge in [0.05, 0.1) is 0 Å². The van der Waals surface area contributed by atoms with Gasteiger partial charge in [0.1, 0.15) is 11.7 Å². The minimum atomic E-state index is -0.474. The molecule has 88 valence electrons. The van der Waals surface area contributed by atoms with Crippen LogP contribution in [0.25, 0.3) is 6.08 Å². The van der Waals surface area contributed by atoms with Crippen molar-refractivity contribution >= 4 is 17.9 Å². The van der Waals surface area contributed by atoms with E-state index in [4.69, 9.17) is 0 Å². The number of nitrogens with one attached hydrogen (secondary N) is 2. The second kappa shape index (κ2) is 4.41. The number of rotatable bonds is 1. The molecule has 1 atom stereocenters. The van der Waals surface area contributed by atoms with Crippen LogP contribution in [0.4, 0.5) is 0 Å². The predicted octanol–water partition coefficient (Wildman–Crippen LogP) is 0.970. The minimum absolute atomic E-state index is 0.192. The number of carbonyl (C=O) groups is 2. The van der Waals surface area contributed by atoms with Crippen LogP contribution in [0.2, 0.25) is 0 Å². The third-order valence-corrected chi connectivity index (χ3v) is 2.63. The second-order valence-corrected chi connectivity index (χ2v) is 4.15. The lowest BCUT2D eigenvalue weighted by atomic mass is 10.1. The zero-order valence-corrected chi connectivity index (χ0v) is 9.78.